The summed E-state index contributed by atoms with van der Waals surface area (Å²) in [6.07, 6.45) is 3.65. The van der Waals surface area contributed by atoms with Gasteiger partial charge in [-0.3, -0.25) is 4.98 Å². The summed E-state index contributed by atoms with van der Waals surface area (Å²) < 4.78 is 0. The molecule has 19 heavy (non-hydrogen) atoms. The summed E-state index contributed by atoms with van der Waals surface area (Å²) >= 11 is 6.01. The van der Waals surface area contributed by atoms with E-state index in [1.165, 1.54) is 0 Å². The first-order valence-corrected chi connectivity index (χ1v) is 6.67. The average Bonchev–Trinajstić information content (AvgIpc) is 2.39. The number of anilines is 1. The van der Waals surface area contributed by atoms with E-state index in [1.54, 1.807) is 12.3 Å². The van der Waals surface area contributed by atoms with Crippen molar-refractivity contribution in [1.29, 1.82) is 0 Å². The fourth-order valence-corrected chi connectivity index (χ4v) is 2.32. The molecule has 0 amide bonds. The summed E-state index contributed by atoms with van der Waals surface area (Å²) in [4.78, 5) is 14.9. The van der Waals surface area contributed by atoms with Crippen LogP contribution in [0.15, 0.2) is 30.6 Å². The molecule has 0 aliphatic carbocycles. The van der Waals surface area contributed by atoms with Crippen LogP contribution in [-0.2, 0) is 0 Å². The molecule has 1 unspecified atom stereocenters. The van der Waals surface area contributed by atoms with Gasteiger partial charge >= 0.3 is 0 Å². The van der Waals surface area contributed by atoms with Crippen LogP contribution in [0.2, 0.25) is 5.15 Å². The highest BCUT2D eigenvalue weighted by atomic mass is 35.5. The number of aryl methyl sites for hydroxylation is 1. The van der Waals surface area contributed by atoms with Gasteiger partial charge in [0.2, 0.25) is 0 Å². The number of nitrogens with zero attached hydrogens (tertiary/aromatic N) is 4. The maximum Gasteiger partial charge on any atom is 0.134 e. The number of pyridine rings is 1. The minimum atomic E-state index is 0.184. The second-order valence-electron chi connectivity index (χ2n) is 4.34. The predicted octanol–water partition coefficient (Wildman–Crippen LogP) is 3.42. The van der Waals surface area contributed by atoms with Gasteiger partial charge in [-0.15, -0.1) is 0 Å². The van der Waals surface area contributed by atoms with Gasteiger partial charge in [-0.1, -0.05) is 17.7 Å². The Morgan fingerprint density at radius 2 is 2.16 bits per heavy atom. The molecule has 0 fully saturated rings. The first kappa shape index (κ1) is 13.7. The molecule has 0 bridgehead atoms. The van der Waals surface area contributed by atoms with E-state index < -0.39 is 0 Å². The van der Waals surface area contributed by atoms with Crippen molar-refractivity contribution in [2.75, 3.05) is 11.4 Å². The Hall–Kier alpha value is -1.68. The van der Waals surface area contributed by atoms with Crippen LogP contribution in [0, 0.1) is 6.92 Å². The van der Waals surface area contributed by atoms with Crippen LogP contribution in [0.4, 0.5) is 5.82 Å². The van der Waals surface area contributed by atoms with Crippen LogP contribution in [0.5, 0.6) is 0 Å². The summed E-state index contributed by atoms with van der Waals surface area (Å²) in [7, 11) is 0. The first-order chi connectivity index (χ1) is 9.11. The molecule has 0 saturated heterocycles. The van der Waals surface area contributed by atoms with Crippen LogP contribution >= 0.6 is 11.6 Å². The van der Waals surface area contributed by atoms with Gasteiger partial charge in [0.05, 0.1) is 6.04 Å². The second kappa shape index (κ2) is 5.97. The lowest BCUT2D eigenvalue weighted by molar-refractivity contribution is 0.674. The van der Waals surface area contributed by atoms with E-state index in [2.05, 4.69) is 39.8 Å². The number of hydrogen-bond donors (Lipinski definition) is 0. The predicted molar refractivity (Wildman–Crippen MR) is 77.5 cm³/mol. The zero-order valence-electron chi connectivity index (χ0n) is 11.3. The van der Waals surface area contributed by atoms with E-state index in [0.717, 1.165) is 17.9 Å². The van der Waals surface area contributed by atoms with Crippen molar-refractivity contribution >= 4 is 17.4 Å². The molecule has 0 spiro atoms. The molecule has 0 saturated carbocycles. The smallest absolute Gasteiger partial charge is 0.134 e. The fraction of sp³-hybridized carbons (Fsp3) is 0.357. The molecule has 2 rings (SSSR count). The molecular formula is C14H17ClN4. The van der Waals surface area contributed by atoms with Gasteiger partial charge in [0.25, 0.3) is 0 Å². The van der Waals surface area contributed by atoms with Gasteiger partial charge in [-0.25, -0.2) is 9.97 Å². The van der Waals surface area contributed by atoms with Gasteiger partial charge in [0.15, 0.2) is 0 Å². The quantitative estimate of drug-likeness (QED) is 0.803. The molecule has 0 radical (unpaired) electrons. The third-order valence-corrected chi connectivity index (χ3v) is 3.26. The van der Waals surface area contributed by atoms with E-state index in [4.69, 9.17) is 11.6 Å². The third-order valence-electron chi connectivity index (χ3n) is 3.06. The Balaban J connectivity index is 2.34. The van der Waals surface area contributed by atoms with Gasteiger partial charge < -0.3 is 4.90 Å². The highest BCUT2D eigenvalue weighted by Crippen LogP contribution is 2.26. The van der Waals surface area contributed by atoms with E-state index in [9.17, 15) is 0 Å². The minimum absolute atomic E-state index is 0.184. The minimum Gasteiger partial charge on any atom is -0.350 e. The van der Waals surface area contributed by atoms with Crippen molar-refractivity contribution < 1.29 is 0 Å². The first-order valence-electron chi connectivity index (χ1n) is 6.29. The van der Waals surface area contributed by atoms with Crippen LogP contribution in [0.1, 0.15) is 31.3 Å². The molecule has 100 valence electrons. The lowest BCUT2D eigenvalue weighted by atomic mass is 10.1. The van der Waals surface area contributed by atoms with Crippen molar-refractivity contribution in [2.24, 2.45) is 0 Å². The molecule has 1 atom stereocenters. The maximum atomic E-state index is 6.01. The Morgan fingerprint density at radius 3 is 2.74 bits per heavy atom. The summed E-state index contributed by atoms with van der Waals surface area (Å²) in [5.74, 6) is 1.52. The zero-order valence-corrected chi connectivity index (χ0v) is 12.1. The second-order valence-corrected chi connectivity index (χ2v) is 4.73. The normalized spacial score (nSPS) is 12.2. The zero-order chi connectivity index (χ0) is 13.8. The van der Waals surface area contributed by atoms with Crippen molar-refractivity contribution in [3.05, 3.63) is 47.1 Å². The SMILES string of the molecule is CCN(c1cc(Cl)nc(C)n1)C(C)c1cccnc1. The fourth-order valence-electron chi connectivity index (χ4n) is 2.10. The van der Waals surface area contributed by atoms with Gasteiger partial charge in [-0.2, -0.15) is 0 Å². The van der Waals surface area contributed by atoms with E-state index in [-0.39, 0.29) is 6.04 Å². The number of hydrogen-bond acceptors (Lipinski definition) is 4. The molecule has 4 nitrogen and oxygen atoms in total. The molecule has 2 heterocycles. The third kappa shape index (κ3) is 3.20. The number of rotatable bonds is 4. The molecule has 0 aliphatic rings. The van der Waals surface area contributed by atoms with Crippen LogP contribution in [0.3, 0.4) is 0 Å². The number of halogens is 1. The molecule has 0 aliphatic heterocycles. The summed E-state index contributed by atoms with van der Waals surface area (Å²) in [5.41, 5.74) is 1.15. The largest absolute Gasteiger partial charge is 0.350 e. The van der Waals surface area contributed by atoms with E-state index in [0.29, 0.717) is 11.0 Å². The lowest BCUT2D eigenvalue weighted by Crippen LogP contribution is -2.27. The Morgan fingerprint density at radius 1 is 1.37 bits per heavy atom. The van der Waals surface area contributed by atoms with Crippen molar-refractivity contribution in [1.82, 2.24) is 15.0 Å². The van der Waals surface area contributed by atoms with Crippen LogP contribution < -0.4 is 4.90 Å². The monoisotopic (exact) mass is 276 g/mol. The Labute approximate surface area is 118 Å². The highest BCUT2D eigenvalue weighted by Gasteiger charge is 2.17. The Kier molecular flexibility index (Phi) is 4.32. The molecular weight excluding hydrogens is 260 g/mol. The van der Waals surface area contributed by atoms with Crippen LogP contribution in [-0.4, -0.2) is 21.5 Å². The Bertz CT molecular complexity index is 524. The van der Waals surface area contributed by atoms with Crippen LogP contribution in [0.25, 0.3) is 0 Å². The van der Waals surface area contributed by atoms with Gasteiger partial charge in [-0.05, 0) is 32.4 Å². The van der Waals surface area contributed by atoms with Crippen molar-refractivity contribution in [2.45, 2.75) is 26.8 Å². The topological polar surface area (TPSA) is 41.9 Å². The van der Waals surface area contributed by atoms with Crippen molar-refractivity contribution in [3.63, 3.8) is 0 Å². The van der Waals surface area contributed by atoms with Crippen molar-refractivity contribution in [3.8, 4) is 0 Å². The summed E-state index contributed by atoms with van der Waals surface area (Å²) in [6, 6.07) is 5.99. The lowest BCUT2D eigenvalue weighted by Gasteiger charge is -2.29. The average molecular weight is 277 g/mol. The molecule has 5 heteroatoms. The molecule has 2 aromatic rings. The van der Waals surface area contributed by atoms with E-state index >= 15 is 0 Å². The molecule has 2 aromatic heterocycles. The highest BCUT2D eigenvalue weighted by molar-refractivity contribution is 6.29. The van der Waals surface area contributed by atoms with E-state index in [1.807, 2.05) is 19.2 Å². The van der Waals surface area contributed by atoms with Gasteiger partial charge in [0.1, 0.15) is 16.8 Å². The summed E-state index contributed by atoms with van der Waals surface area (Å²) in [6.45, 7) is 6.91. The number of aromatic nitrogens is 3. The molecule has 0 N–H and O–H groups in total. The molecule has 0 aromatic carbocycles. The maximum absolute atomic E-state index is 6.01. The van der Waals surface area contributed by atoms with Gasteiger partial charge in [0, 0.05) is 25.0 Å². The standard InChI is InChI=1S/C14H17ClN4/c1-4-19(10(2)12-6-5-7-16-9-12)14-8-13(15)17-11(3)18-14/h5-10H,4H2,1-3H3. The summed E-state index contributed by atoms with van der Waals surface area (Å²) in [5, 5.41) is 0.472.